The number of anilines is 1. The minimum absolute atomic E-state index is 0.291. The molecular formula is C14H21N3O. The van der Waals surface area contributed by atoms with E-state index in [1.165, 1.54) is 12.8 Å². The predicted molar refractivity (Wildman–Crippen MR) is 70.8 cm³/mol. The second-order valence-electron chi connectivity index (χ2n) is 5.65. The average Bonchev–Trinajstić information content (AvgIpc) is 3.15. The molecule has 0 bridgehead atoms. The maximum absolute atomic E-state index is 6.05. The maximum atomic E-state index is 6.05. The lowest BCUT2D eigenvalue weighted by Crippen LogP contribution is -2.48. The first-order valence-corrected chi connectivity index (χ1v) is 6.84. The van der Waals surface area contributed by atoms with Gasteiger partial charge in [0.15, 0.2) is 0 Å². The molecule has 1 aromatic rings. The Hall–Kier alpha value is -1.16. The van der Waals surface area contributed by atoms with Crippen molar-refractivity contribution >= 4 is 5.82 Å². The van der Waals surface area contributed by atoms with Crippen LogP contribution >= 0.6 is 0 Å². The van der Waals surface area contributed by atoms with Gasteiger partial charge in [0.25, 0.3) is 0 Å². The molecule has 1 saturated heterocycles. The Balaban J connectivity index is 1.83. The summed E-state index contributed by atoms with van der Waals surface area (Å²) in [5.74, 6) is 2.71. The van der Waals surface area contributed by atoms with Gasteiger partial charge >= 0.3 is 0 Å². The van der Waals surface area contributed by atoms with Crippen LogP contribution in [0.15, 0.2) is 6.20 Å². The summed E-state index contributed by atoms with van der Waals surface area (Å²) in [5, 5.41) is 0. The molecule has 0 amide bonds. The van der Waals surface area contributed by atoms with Crippen molar-refractivity contribution in [3.8, 4) is 0 Å². The summed E-state index contributed by atoms with van der Waals surface area (Å²) in [6.07, 6.45) is 5.26. The van der Waals surface area contributed by atoms with Gasteiger partial charge in [-0.05, 0) is 39.5 Å². The zero-order valence-corrected chi connectivity index (χ0v) is 11.4. The van der Waals surface area contributed by atoms with Crippen LogP contribution in [-0.4, -0.2) is 35.3 Å². The molecule has 0 unspecified atom stereocenters. The summed E-state index contributed by atoms with van der Waals surface area (Å²) in [7, 11) is 0. The van der Waals surface area contributed by atoms with Crippen molar-refractivity contribution in [3.05, 3.63) is 17.6 Å². The normalized spacial score (nSPS) is 28.5. The molecule has 0 spiro atoms. The molecule has 2 atom stereocenters. The van der Waals surface area contributed by atoms with Crippen molar-refractivity contribution in [1.82, 2.24) is 9.97 Å². The Morgan fingerprint density at radius 1 is 1.28 bits per heavy atom. The first-order valence-electron chi connectivity index (χ1n) is 6.84. The highest BCUT2D eigenvalue weighted by Crippen LogP contribution is 2.37. The minimum Gasteiger partial charge on any atom is -0.371 e. The first-order chi connectivity index (χ1) is 8.63. The van der Waals surface area contributed by atoms with Crippen LogP contribution in [0.2, 0.25) is 0 Å². The van der Waals surface area contributed by atoms with E-state index < -0.39 is 0 Å². The van der Waals surface area contributed by atoms with Crippen LogP contribution in [-0.2, 0) is 4.74 Å². The van der Waals surface area contributed by atoms with Crippen molar-refractivity contribution < 1.29 is 4.74 Å². The smallest absolute Gasteiger partial charge is 0.135 e. The fourth-order valence-corrected chi connectivity index (χ4v) is 2.73. The fourth-order valence-electron chi connectivity index (χ4n) is 2.73. The molecule has 1 aromatic heterocycles. The third-order valence-electron chi connectivity index (χ3n) is 3.80. The van der Waals surface area contributed by atoms with E-state index in [9.17, 15) is 0 Å². The van der Waals surface area contributed by atoms with Gasteiger partial charge in [0.1, 0.15) is 11.6 Å². The number of morpholine rings is 1. The fraction of sp³-hybridized carbons (Fsp3) is 0.714. The van der Waals surface area contributed by atoms with E-state index in [1.54, 1.807) is 0 Å². The van der Waals surface area contributed by atoms with Gasteiger partial charge in [0.2, 0.25) is 0 Å². The monoisotopic (exact) mass is 247 g/mol. The van der Waals surface area contributed by atoms with Gasteiger partial charge in [0.05, 0.1) is 12.2 Å². The van der Waals surface area contributed by atoms with Gasteiger partial charge in [0, 0.05) is 24.8 Å². The summed E-state index contributed by atoms with van der Waals surface area (Å²) in [4.78, 5) is 11.2. The molecule has 1 saturated carbocycles. The van der Waals surface area contributed by atoms with Crippen molar-refractivity contribution in [1.29, 1.82) is 0 Å². The van der Waals surface area contributed by atoms with Gasteiger partial charge in [-0.25, -0.2) is 9.97 Å². The van der Waals surface area contributed by atoms with Crippen molar-refractivity contribution in [3.63, 3.8) is 0 Å². The van der Waals surface area contributed by atoms with Crippen LogP contribution in [0.4, 0.5) is 5.82 Å². The number of aromatic nitrogens is 2. The molecule has 1 aliphatic heterocycles. The first kappa shape index (κ1) is 11.9. The second-order valence-corrected chi connectivity index (χ2v) is 5.65. The third-order valence-corrected chi connectivity index (χ3v) is 3.80. The summed E-state index contributed by atoms with van der Waals surface area (Å²) < 4.78 is 6.05. The topological polar surface area (TPSA) is 38.2 Å². The number of aryl methyl sites for hydroxylation is 2. The molecule has 2 heterocycles. The molecule has 2 fully saturated rings. The number of hydrogen-bond donors (Lipinski definition) is 0. The SMILES string of the molecule is Cc1ncc(C)c(N2C[C@@H](C3CC3)O[C@@H](C)C2)n1. The number of ether oxygens (including phenoxy) is 1. The molecule has 1 aliphatic carbocycles. The average molecular weight is 247 g/mol. The van der Waals surface area contributed by atoms with Crippen LogP contribution in [0, 0.1) is 19.8 Å². The molecule has 98 valence electrons. The van der Waals surface area contributed by atoms with E-state index in [0.717, 1.165) is 36.2 Å². The van der Waals surface area contributed by atoms with Crippen LogP contribution in [0.25, 0.3) is 0 Å². The minimum atomic E-state index is 0.291. The number of nitrogens with zero attached hydrogens (tertiary/aromatic N) is 3. The van der Waals surface area contributed by atoms with Crippen LogP contribution in [0.5, 0.6) is 0 Å². The second kappa shape index (κ2) is 4.50. The Kier molecular flexibility index (Phi) is 2.98. The van der Waals surface area contributed by atoms with E-state index >= 15 is 0 Å². The molecule has 3 rings (SSSR count). The van der Waals surface area contributed by atoms with Crippen LogP contribution in [0.1, 0.15) is 31.2 Å². The van der Waals surface area contributed by atoms with Gasteiger partial charge in [-0.1, -0.05) is 0 Å². The summed E-state index contributed by atoms with van der Waals surface area (Å²) in [5.41, 5.74) is 1.16. The summed E-state index contributed by atoms with van der Waals surface area (Å²) >= 11 is 0. The lowest BCUT2D eigenvalue weighted by atomic mass is 10.1. The van der Waals surface area contributed by atoms with Gasteiger partial charge < -0.3 is 9.64 Å². The molecule has 0 radical (unpaired) electrons. The zero-order chi connectivity index (χ0) is 12.7. The zero-order valence-electron chi connectivity index (χ0n) is 11.4. The molecular weight excluding hydrogens is 226 g/mol. The largest absolute Gasteiger partial charge is 0.371 e. The van der Waals surface area contributed by atoms with E-state index in [0.29, 0.717) is 12.2 Å². The Bertz CT molecular complexity index is 445. The number of rotatable bonds is 2. The quantitative estimate of drug-likeness (QED) is 0.802. The predicted octanol–water partition coefficient (Wildman–Crippen LogP) is 2.10. The van der Waals surface area contributed by atoms with Crippen LogP contribution < -0.4 is 4.90 Å². The molecule has 0 aromatic carbocycles. The van der Waals surface area contributed by atoms with Gasteiger partial charge in [-0.3, -0.25) is 0 Å². The summed E-state index contributed by atoms with van der Waals surface area (Å²) in [6.45, 7) is 8.10. The highest BCUT2D eigenvalue weighted by Gasteiger charge is 2.37. The highest BCUT2D eigenvalue weighted by molar-refractivity contribution is 5.46. The van der Waals surface area contributed by atoms with E-state index in [1.807, 2.05) is 13.1 Å². The third kappa shape index (κ3) is 2.34. The molecule has 2 aliphatic rings. The van der Waals surface area contributed by atoms with Crippen molar-refractivity contribution in [2.75, 3.05) is 18.0 Å². The highest BCUT2D eigenvalue weighted by atomic mass is 16.5. The Labute approximate surface area is 108 Å². The maximum Gasteiger partial charge on any atom is 0.135 e. The lowest BCUT2D eigenvalue weighted by molar-refractivity contribution is -0.0274. The molecule has 4 nitrogen and oxygen atoms in total. The summed E-state index contributed by atoms with van der Waals surface area (Å²) in [6, 6.07) is 0. The van der Waals surface area contributed by atoms with Gasteiger partial charge in [-0.15, -0.1) is 0 Å². The molecule has 0 N–H and O–H groups in total. The van der Waals surface area contributed by atoms with Crippen molar-refractivity contribution in [2.24, 2.45) is 5.92 Å². The van der Waals surface area contributed by atoms with E-state index in [4.69, 9.17) is 4.74 Å². The standard InChI is InChI=1S/C14H21N3O/c1-9-6-15-11(3)16-14(9)17-7-10(2)18-13(8-17)12-4-5-12/h6,10,12-13H,4-5,7-8H2,1-3H3/t10-,13-/m0/s1. The Morgan fingerprint density at radius 2 is 2.06 bits per heavy atom. The molecule has 4 heteroatoms. The Morgan fingerprint density at radius 3 is 2.78 bits per heavy atom. The van der Waals surface area contributed by atoms with Crippen molar-refractivity contribution in [2.45, 2.75) is 45.8 Å². The van der Waals surface area contributed by atoms with Crippen LogP contribution in [0.3, 0.4) is 0 Å². The lowest BCUT2D eigenvalue weighted by Gasteiger charge is -2.38. The van der Waals surface area contributed by atoms with E-state index in [2.05, 4.69) is 28.7 Å². The number of hydrogen-bond acceptors (Lipinski definition) is 4. The van der Waals surface area contributed by atoms with E-state index in [-0.39, 0.29) is 0 Å². The van der Waals surface area contributed by atoms with Gasteiger partial charge in [-0.2, -0.15) is 0 Å². The molecule has 18 heavy (non-hydrogen) atoms.